The van der Waals surface area contributed by atoms with Crippen molar-refractivity contribution in [3.8, 4) is 0 Å². The van der Waals surface area contributed by atoms with Crippen LogP contribution >= 0.6 is 11.3 Å². The molecule has 18 heavy (non-hydrogen) atoms. The first-order valence-corrected chi connectivity index (χ1v) is 7.41. The van der Waals surface area contributed by atoms with E-state index < -0.39 is 0 Å². The van der Waals surface area contributed by atoms with Crippen molar-refractivity contribution in [2.24, 2.45) is 5.73 Å². The van der Waals surface area contributed by atoms with E-state index in [9.17, 15) is 0 Å². The molecular formula is C14H25NO2S. The van der Waals surface area contributed by atoms with E-state index >= 15 is 0 Å². The first-order chi connectivity index (χ1) is 8.54. The quantitative estimate of drug-likeness (QED) is 0.738. The molecule has 0 amide bonds. The van der Waals surface area contributed by atoms with Crippen LogP contribution in [0.5, 0.6) is 0 Å². The number of aryl methyl sites for hydroxylation is 1. The second kappa shape index (κ2) is 7.89. The Balaban J connectivity index is 2.51. The van der Waals surface area contributed by atoms with Crippen molar-refractivity contribution >= 4 is 11.3 Å². The lowest BCUT2D eigenvalue weighted by Crippen LogP contribution is -2.30. The number of rotatable bonds is 8. The molecule has 2 N–H and O–H groups in total. The van der Waals surface area contributed by atoms with Gasteiger partial charge in [-0.15, -0.1) is 11.3 Å². The summed E-state index contributed by atoms with van der Waals surface area (Å²) < 4.78 is 11.4. The van der Waals surface area contributed by atoms with Gasteiger partial charge in [-0.2, -0.15) is 0 Å². The predicted octanol–water partition coefficient (Wildman–Crippen LogP) is 3.28. The topological polar surface area (TPSA) is 44.5 Å². The summed E-state index contributed by atoms with van der Waals surface area (Å²) in [5, 5.41) is 0. The summed E-state index contributed by atoms with van der Waals surface area (Å²) in [5.41, 5.74) is 6.14. The first-order valence-electron chi connectivity index (χ1n) is 6.59. The SMILES string of the molecule is CCC(N)C(OCCOC(C)C)c1ccc(C)s1. The number of hydrogen-bond donors (Lipinski definition) is 1. The van der Waals surface area contributed by atoms with Gasteiger partial charge in [-0.05, 0) is 39.3 Å². The fourth-order valence-corrected chi connectivity index (χ4v) is 2.70. The van der Waals surface area contributed by atoms with Crippen molar-refractivity contribution in [2.45, 2.75) is 52.4 Å². The fraction of sp³-hybridized carbons (Fsp3) is 0.714. The van der Waals surface area contributed by atoms with Crippen LogP contribution in [0.15, 0.2) is 12.1 Å². The largest absolute Gasteiger partial charge is 0.376 e. The molecule has 4 heteroatoms. The van der Waals surface area contributed by atoms with E-state index in [1.807, 2.05) is 13.8 Å². The molecule has 0 bridgehead atoms. The molecule has 1 rings (SSSR count). The molecule has 0 aliphatic rings. The van der Waals surface area contributed by atoms with E-state index in [4.69, 9.17) is 15.2 Å². The minimum atomic E-state index is -0.00976. The minimum Gasteiger partial charge on any atom is -0.376 e. The summed E-state index contributed by atoms with van der Waals surface area (Å²) in [4.78, 5) is 2.51. The van der Waals surface area contributed by atoms with Crippen LogP contribution in [0.2, 0.25) is 0 Å². The smallest absolute Gasteiger partial charge is 0.107 e. The molecule has 0 spiro atoms. The summed E-state index contributed by atoms with van der Waals surface area (Å²) >= 11 is 1.76. The van der Waals surface area contributed by atoms with Crippen LogP contribution in [0.1, 0.15) is 43.1 Å². The molecule has 3 nitrogen and oxygen atoms in total. The fourth-order valence-electron chi connectivity index (χ4n) is 1.70. The second-order valence-corrected chi connectivity index (χ2v) is 6.05. The van der Waals surface area contributed by atoms with Gasteiger partial charge in [0.15, 0.2) is 0 Å². The molecule has 0 aliphatic carbocycles. The van der Waals surface area contributed by atoms with Gasteiger partial charge in [0, 0.05) is 15.8 Å². The molecule has 1 aromatic heterocycles. The van der Waals surface area contributed by atoms with Gasteiger partial charge >= 0.3 is 0 Å². The van der Waals surface area contributed by atoms with Crippen molar-refractivity contribution in [3.63, 3.8) is 0 Å². The Kier molecular flexibility index (Phi) is 6.86. The van der Waals surface area contributed by atoms with Gasteiger partial charge in [0.25, 0.3) is 0 Å². The molecule has 0 saturated heterocycles. The van der Waals surface area contributed by atoms with E-state index in [0.717, 1.165) is 6.42 Å². The van der Waals surface area contributed by atoms with Gasteiger partial charge in [0.05, 0.1) is 19.3 Å². The molecule has 0 radical (unpaired) electrons. The molecular weight excluding hydrogens is 246 g/mol. The lowest BCUT2D eigenvalue weighted by atomic mass is 10.1. The van der Waals surface area contributed by atoms with Crippen molar-refractivity contribution in [3.05, 3.63) is 21.9 Å². The van der Waals surface area contributed by atoms with Crippen molar-refractivity contribution in [2.75, 3.05) is 13.2 Å². The van der Waals surface area contributed by atoms with Gasteiger partial charge in [0.2, 0.25) is 0 Å². The highest BCUT2D eigenvalue weighted by molar-refractivity contribution is 7.12. The second-order valence-electron chi connectivity index (χ2n) is 4.73. The minimum absolute atomic E-state index is 0.00976. The van der Waals surface area contributed by atoms with Crippen LogP contribution in [0.25, 0.3) is 0 Å². The van der Waals surface area contributed by atoms with Gasteiger partial charge in [-0.3, -0.25) is 0 Å². The highest BCUT2D eigenvalue weighted by Crippen LogP contribution is 2.28. The van der Waals surface area contributed by atoms with Crippen LogP contribution < -0.4 is 5.73 Å². The third-order valence-corrected chi connectivity index (χ3v) is 3.80. The Labute approximate surface area is 114 Å². The summed E-state index contributed by atoms with van der Waals surface area (Å²) in [6.45, 7) is 9.45. The number of thiophene rings is 1. The third-order valence-electron chi connectivity index (χ3n) is 2.73. The molecule has 0 aliphatic heterocycles. The average molecular weight is 271 g/mol. The maximum Gasteiger partial charge on any atom is 0.107 e. The van der Waals surface area contributed by atoms with Gasteiger partial charge < -0.3 is 15.2 Å². The van der Waals surface area contributed by atoms with Gasteiger partial charge in [0.1, 0.15) is 6.10 Å². The van der Waals surface area contributed by atoms with Gasteiger partial charge in [-0.25, -0.2) is 0 Å². The molecule has 0 fully saturated rings. The molecule has 2 unspecified atom stereocenters. The maximum atomic E-state index is 6.14. The lowest BCUT2D eigenvalue weighted by molar-refractivity contribution is -0.0211. The standard InChI is InChI=1S/C14H25NO2S/c1-5-12(15)14(13-7-6-11(4)18-13)17-9-8-16-10(2)3/h6-7,10,12,14H,5,8-9,15H2,1-4H3. The molecule has 0 aromatic carbocycles. The summed E-state index contributed by atoms with van der Waals surface area (Å²) in [5.74, 6) is 0. The molecule has 1 aromatic rings. The predicted molar refractivity (Wildman–Crippen MR) is 77.1 cm³/mol. The van der Waals surface area contributed by atoms with E-state index in [0.29, 0.717) is 13.2 Å². The zero-order valence-corrected chi connectivity index (χ0v) is 12.6. The molecule has 0 saturated carbocycles. The Hall–Kier alpha value is -0.420. The van der Waals surface area contributed by atoms with Crippen LogP contribution in [0.3, 0.4) is 0 Å². The normalized spacial score (nSPS) is 15.0. The molecule has 2 atom stereocenters. The van der Waals surface area contributed by atoms with Crippen LogP contribution in [0.4, 0.5) is 0 Å². The number of hydrogen-bond acceptors (Lipinski definition) is 4. The van der Waals surface area contributed by atoms with E-state index in [2.05, 4.69) is 26.0 Å². The van der Waals surface area contributed by atoms with E-state index in [1.165, 1.54) is 9.75 Å². The maximum absolute atomic E-state index is 6.14. The zero-order chi connectivity index (χ0) is 13.5. The van der Waals surface area contributed by atoms with Gasteiger partial charge in [-0.1, -0.05) is 6.92 Å². The summed E-state index contributed by atoms with van der Waals surface area (Å²) in [7, 11) is 0. The summed E-state index contributed by atoms with van der Waals surface area (Å²) in [6.07, 6.45) is 1.15. The Bertz CT molecular complexity index is 338. The van der Waals surface area contributed by atoms with Crippen LogP contribution in [0, 0.1) is 6.92 Å². The monoisotopic (exact) mass is 271 g/mol. The van der Waals surface area contributed by atoms with Crippen molar-refractivity contribution in [1.29, 1.82) is 0 Å². The highest BCUT2D eigenvalue weighted by Gasteiger charge is 2.20. The van der Waals surface area contributed by atoms with Crippen molar-refractivity contribution in [1.82, 2.24) is 0 Å². The number of nitrogens with two attached hydrogens (primary N) is 1. The van der Waals surface area contributed by atoms with Crippen LogP contribution in [-0.2, 0) is 9.47 Å². The molecule has 104 valence electrons. The van der Waals surface area contributed by atoms with Crippen molar-refractivity contribution < 1.29 is 9.47 Å². The third kappa shape index (κ3) is 5.06. The summed E-state index contributed by atoms with van der Waals surface area (Å²) in [6, 6.07) is 4.27. The van der Waals surface area contributed by atoms with E-state index in [1.54, 1.807) is 11.3 Å². The Morgan fingerprint density at radius 3 is 2.39 bits per heavy atom. The average Bonchev–Trinajstić information content (AvgIpc) is 2.74. The lowest BCUT2D eigenvalue weighted by Gasteiger charge is -2.22. The zero-order valence-electron chi connectivity index (χ0n) is 11.8. The van der Waals surface area contributed by atoms with E-state index in [-0.39, 0.29) is 18.2 Å². The van der Waals surface area contributed by atoms with Crippen LogP contribution in [-0.4, -0.2) is 25.4 Å². The number of ether oxygens (including phenoxy) is 2. The molecule has 1 heterocycles. The first kappa shape index (κ1) is 15.6. The Morgan fingerprint density at radius 1 is 1.22 bits per heavy atom. The highest BCUT2D eigenvalue weighted by atomic mass is 32.1. The Morgan fingerprint density at radius 2 is 1.89 bits per heavy atom.